The molecule has 4 nitrogen and oxygen atoms in total. The number of benzene rings is 1. The van der Waals surface area contributed by atoms with Crippen molar-refractivity contribution in [3.8, 4) is 11.5 Å². The van der Waals surface area contributed by atoms with Crippen molar-refractivity contribution in [3.63, 3.8) is 0 Å². The first-order valence-electron chi connectivity index (χ1n) is 6.78. The van der Waals surface area contributed by atoms with Gasteiger partial charge in [-0.25, -0.2) is 4.79 Å². The fraction of sp³-hybridized carbons (Fsp3) is 0.438. The first-order valence-corrected chi connectivity index (χ1v) is 6.78. The molecule has 0 saturated heterocycles. The molecule has 0 amide bonds. The number of carbonyl (C=O) groups is 1. The molecule has 1 fully saturated rings. The number of carbonyl (C=O) groups excluding carboxylic acids is 1. The summed E-state index contributed by atoms with van der Waals surface area (Å²) in [5.74, 6) is 0.877. The molecular formula is C16H20O4. The van der Waals surface area contributed by atoms with Crippen molar-refractivity contribution in [2.24, 2.45) is 0 Å². The molecule has 0 atom stereocenters. The van der Waals surface area contributed by atoms with E-state index in [1.165, 1.54) is 20.0 Å². The van der Waals surface area contributed by atoms with Crippen LogP contribution in [0.15, 0.2) is 24.8 Å². The lowest BCUT2D eigenvalue weighted by Crippen LogP contribution is -2.12. The molecule has 1 aromatic carbocycles. The molecule has 108 valence electrons. The molecule has 0 unspecified atom stereocenters. The summed E-state index contributed by atoms with van der Waals surface area (Å²) < 4.78 is 16.0. The van der Waals surface area contributed by atoms with Gasteiger partial charge in [-0.05, 0) is 43.4 Å². The van der Waals surface area contributed by atoms with Crippen molar-refractivity contribution in [1.82, 2.24) is 0 Å². The van der Waals surface area contributed by atoms with Gasteiger partial charge >= 0.3 is 5.97 Å². The molecule has 4 heteroatoms. The van der Waals surface area contributed by atoms with Crippen molar-refractivity contribution in [2.45, 2.75) is 31.8 Å². The van der Waals surface area contributed by atoms with Crippen LogP contribution in [0.4, 0.5) is 0 Å². The highest BCUT2D eigenvalue weighted by Crippen LogP contribution is 2.34. The maximum absolute atomic E-state index is 11.5. The Bertz CT molecular complexity index is 501. The second kappa shape index (κ2) is 6.46. The molecule has 0 spiro atoms. The Kier molecular flexibility index (Phi) is 4.66. The highest BCUT2D eigenvalue weighted by molar-refractivity contribution is 6.15. The number of ether oxygens (including phenoxy) is 3. The molecule has 0 bridgehead atoms. The zero-order valence-corrected chi connectivity index (χ0v) is 12.0. The van der Waals surface area contributed by atoms with Gasteiger partial charge in [-0.2, -0.15) is 0 Å². The Morgan fingerprint density at radius 2 is 1.90 bits per heavy atom. The standard InChI is InChI=1S/C16H20O4/c1-11(16(17)19-3)12-8-9-14(18-2)15(10-12)20-13-6-4-5-7-13/h8-10,13H,1,4-7H2,2-3H3. The Balaban J connectivity index is 2.23. The van der Waals surface area contributed by atoms with E-state index in [0.717, 1.165) is 12.8 Å². The van der Waals surface area contributed by atoms with Gasteiger partial charge in [0.05, 0.1) is 25.9 Å². The summed E-state index contributed by atoms with van der Waals surface area (Å²) in [6, 6.07) is 5.35. The molecule has 1 aromatic rings. The molecule has 0 N–H and O–H groups in total. The van der Waals surface area contributed by atoms with Crippen molar-refractivity contribution in [1.29, 1.82) is 0 Å². The van der Waals surface area contributed by atoms with Crippen molar-refractivity contribution < 1.29 is 19.0 Å². The van der Waals surface area contributed by atoms with Gasteiger partial charge in [-0.1, -0.05) is 12.6 Å². The number of esters is 1. The molecule has 2 rings (SSSR count). The lowest BCUT2D eigenvalue weighted by atomic mass is 10.1. The van der Waals surface area contributed by atoms with Crippen molar-refractivity contribution in [2.75, 3.05) is 14.2 Å². The first-order chi connectivity index (χ1) is 9.65. The minimum atomic E-state index is -0.443. The Labute approximate surface area is 119 Å². The van der Waals surface area contributed by atoms with E-state index >= 15 is 0 Å². The van der Waals surface area contributed by atoms with Crippen LogP contribution in [-0.2, 0) is 9.53 Å². The smallest absolute Gasteiger partial charge is 0.337 e. The second-order valence-electron chi connectivity index (χ2n) is 4.86. The molecule has 20 heavy (non-hydrogen) atoms. The first kappa shape index (κ1) is 14.4. The summed E-state index contributed by atoms with van der Waals surface area (Å²) in [7, 11) is 2.94. The average Bonchev–Trinajstić information content (AvgIpc) is 2.98. The van der Waals surface area contributed by atoms with E-state index in [9.17, 15) is 4.79 Å². The van der Waals surface area contributed by atoms with Gasteiger partial charge in [0.2, 0.25) is 0 Å². The summed E-state index contributed by atoms with van der Waals surface area (Å²) in [4.78, 5) is 11.5. The summed E-state index contributed by atoms with van der Waals surface area (Å²) in [5, 5.41) is 0. The fourth-order valence-corrected chi connectivity index (χ4v) is 2.38. The van der Waals surface area contributed by atoms with Crippen LogP contribution in [0.3, 0.4) is 0 Å². The monoisotopic (exact) mass is 276 g/mol. The average molecular weight is 276 g/mol. The van der Waals surface area contributed by atoms with Crippen LogP contribution in [0.25, 0.3) is 5.57 Å². The summed E-state index contributed by atoms with van der Waals surface area (Å²) >= 11 is 0. The van der Waals surface area contributed by atoms with Gasteiger partial charge in [0, 0.05) is 0 Å². The molecule has 0 aliphatic heterocycles. The number of hydrogen-bond donors (Lipinski definition) is 0. The van der Waals surface area contributed by atoms with E-state index in [2.05, 4.69) is 11.3 Å². The third-order valence-corrected chi connectivity index (χ3v) is 3.54. The van der Waals surface area contributed by atoms with Crippen LogP contribution in [0, 0.1) is 0 Å². The SMILES string of the molecule is C=C(C(=O)OC)c1ccc(OC)c(OC2CCCC2)c1. The molecule has 1 aliphatic rings. The predicted molar refractivity (Wildman–Crippen MR) is 76.9 cm³/mol. The van der Waals surface area contributed by atoms with Gasteiger partial charge in [-0.15, -0.1) is 0 Å². The molecule has 1 saturated carbocycles. The predicted octanol–water partition coefficient (Wildman–Crippen LogP) is 3.20. The van der Waals surface area contributed by atoms with Crippen LogP contribution in [0.2, 0.25) is 0 Å². The van der Waals surface area contributed by atoms with Crippen LogP contribution in [-0.4, -0.2) is 26.3 Å². The minimum Gasteiger partial charge on any atom is -0.493 e. The Morgan fingerprint density at radius 1 is 1.20 bits per heavy atom. The van der Waals surface area contributed by atoms with Crippen LogP contribution >= 0.6 is 0 Å². The lowest BCUT2D eigenvalue weighted by Gasteiger charge is -2.17. The second-order valence-corrected chi connectivity index (χ2v) is 4.86. The van der Waals surface area contributed by atoms with Gasteiger partial charge < -0.3 is 14.2 Å². The van der Waals surface area contributed by atoms with Crippen molar-refractivity contribution in [3.05, 3.63) is 30.3 Å². The summed E-state index contributed by atoms with van der Waals surface area (Å²) in [6.45, 7) is 3.75. The van der Waals surface area contributed by atoms with E-state index in [1.807, 2.05) is 0 Å². The minimum absolute atomic E-state index is 0.227. The lowest BCUT2D eigenvalue weighted by molar-refractivity contribution is -0.133. The van der Waals surface area contributed by atoms with E-state index in [4.69, 9.17) is 9.47 Å². The Hall–Kier alpha value is -1.97. The fourth-order valence-electron chi connectivity index (χ4n) is 2.38. The van der Waals surface area contributed by atoms with E-state index < -0.39 is 5.97 Å². The molecule has 0 radical (unpaired) electrons. The van der Waals surface area contributed by atoms with Crippen LogP contribution in [0.5, 0.6) is 11.5 Å². The van der Waals surface area contributed by atoms with Gasteiger partial charge in [-0.3, -0.25) is 0 Å². The Morgan fingerprint density at radius 3 is 2.50 bits per heavy atom. The van der Waals surface area contributed by atoms with Gasteiger partial charge in [0.25, 0.3) is 0 Å². The number of rotatable bonds is 5. The molecular weight excluding hydrogens is 256 g/mol. The topological polar surface area (TPSA) is 44.8 Å². The van der Waals surface area contributed by atoms with E-state index in [-0.39, 0.29) is 6.10 Å². The molecule has 1 aliphatic carbocycles. The molecule has 0 heterocycles. The molecule has 0 aromatic heterocycles. The largest absolute Gasteiger partial charge is 0.493 e. The third kappa shape index (κ3) is 3.13. The number of hydrogen-bond acceptors (Lipinski definition) is 4. The van der Waals surface area contributed by atoms with Gasteiger partial charge in [0.1, 0.15) is 0 Å². The quantitative estimate of drug-likeness (QED) is 0.612. The van der Waals surface area contributed by atoms with Crippen molar-refractivity contribution >= 4 is 11.5 Å². The highest BCUT2D eigenvalue weighted by Gasteiger charge is 2.19. The van der Waals surface area contributed by atoms with Crippen LogP contribution in [0.1, 0.15) is 31.2 Å². The van der Waals surface area contributed by atoms with Gasteiger partial charge in [0.15, 0.2) is 11.5 Å². The third-order valence-electron chi connectivity index (χ3n) is 3.54. The summed E-state index contributed by atoms with van der Waals surface area (Å²) in [6.07, 6.45) is 4.74. The zero-order chi connectivity index (χ0) is 14.5. The van der Waals surface area contributed by atoms with Crippen LogP contribution < -0.4 is 9.47 Å². The maximum atomic E-state index is 11.5. The maximum Gasteiger partial charge on any atom is 0.337 e. The van der Waals surface area contributed by atoms with E-state index in [0.29, 0.717) is 22.6 Å². The zero-order valence-electron chi connectivity index (χ0n) is 12.0. The normalized spacial score (nSPS) is 14.9. The highest BCUT2D eigenvalue weighted by atomic mass is 16.5. The van der Waals surface area contributed by atoms with E-state index in [1.54, 1.807) is 25.3 Å². The number of methoxy groups -OCH3 is 2. The summed E-state index contributed by atoms with van der Waals surface area (Å²) in [5.41, 5.74) is 0.997.